The Labute approximate surface area is 146 Å². The Balaban J connectivity index is 1.87. The van der Waals surface area contributed by atoms with E-state index in [4.69, 9.17) is 23.2 Å². The van der Waals surface area contributed by atoms with Crippen LogP contribution in [0, 0.1) is 11.3 Å². The first-order chi connectivity index (χ1) is 11.0. The third-order valence-corrected chi connectivity index (χ3v) is 6.17. The van der Waals surface area contributed by atoms with Crippen LogP contribution in [-0.2, 0) is 13.0 Å². The van der Waals surface area contributed by atoms with Crippen LogP contribution in [0.2, 0.25) is 5.02 Å². The van der Waals surface area contributed by atoms with E-state index >= 15 is 0 Å². The number of halogens is 2. The van der Waals surface area contributed by atoms with Crippen LogP contribution in [0.4, 0.5) is 0 Å². The summed E-state index contributed by atoms with van der Waals surface area (Å²) in [5, 5.41) is 16.4. The predicted octanol–water partition coefficient (Wildman–Crippen LogP) is 3.56. The molecule has 1 heterocycles. The second kappa shape index (κ2) is 6.42. The second-order valence-electron chi connectivity index (χ2n) is 6.78. The molecule has 0 spiro atoms. The van der Waals surface area contributed by atoms with Crippen molar-refractivity contribution in [1.82, 2.24) is 14.8 Å². The fraction of sp³-hybridized carbons (Fsp3) is 0.529. The minimum absolute atomic E-state index is 0.122. The molecule has 1 aromatic carbocycles. The Bertz CT molecular complexity index is 646. The summed E-state index contributed by atoms with van der Waals surface area (Å²) in [6.45, 7) is 2.48. The lowest BCUT2D eigenvalue weighted by molar-refractivity contribution is -0.0891. The van der Waals surface area contributed by atoms with Crippen LogP contribution in [0.15, 0.2) is 36.9 Å². The summed E-state index contributed by atoms with van der Waals surface area (Å²) < 4.78 is 1.70. The van der Waals surface area contributed by atoms with E-state index in [0.29, 0.717) is 12.4 Å². The summed E-state index contributed by atoms with van der Waals surface area (Å²) in [4.78, 5) is 3.98. The molecule has 0 saturated heterocycles. The van der Waals surface area contributed by atoms with Crippen molar-refractivity contribution >= 4 is 23.2 Å². The monoisotopic (exact) mass is 353 g/mol. The second-order valence-corrected chi connectivity index (χ2v) is 7.48. The van der Waals surface area contributed by atoms with E-state index in [1.54, 1.807) is 11.0 Å². The molecular formula is C17H21Cl2N3O. The molecule has 0 radical (unpaired) electrons. The van der Waals surface area contributed by atoms with Gasteiger partial charge in [-0.1, -0.05) is 30.7 Å². The van der Waals surface area contributed by atoms with Crippen molar-refractivity contribution in [1.29, 1.82) is 0 Å². The first-order valence-corrected chi connectivity index (χ1v) is 8.73. The standard InChI is InChI=1S/C17H21Cl2N3O/c1-16(9-18)7-6-14(8-13-2-4-15(19)5-3-13)17(16,23)10-22-12-20-11-21-22/h2-5,11-12,14,23H,6-10H2,1H3/t14-,16-,17-/m0/s1. The van der Waals surface area contributed by atoms with Gasteiger partial charge in [0, 0.05) is 16.3 Å². The van der Waals surface area contributed by atoms with Gasteiger partial charge in [0.1, 0.15) is 12.7 Å². The topological polar surface area (TPSA) is 50.9 Å². The van der Waals surface area contributed by atoms with Gasteiger partial charge < -0.3 is 5.11 Å². The van der Waals surface area contributed by atoms with E-state index in [1.165, 1.54) is 11.9 Å². The molecule has 0 aliphatic heterocycles. The van der Waals surface area contributed by atoms with Gasteiger partial charge >= 0.3 is 0 Å². The van der Waals surface area contributed by atoms with Crippen molar-refractivity contribution in [2.45, 2.75) is 38.3 Å². The smallest absolute Gasteiger partial charge is 0.137 e. The van der Waals surface area contributed by atoms with Crippen molar-refractivity contribution in [3.8, 4) is 0 Å². The predicted molar refractivity (Wildman–Crippen MR) is 91.7 cm³/mol. The Morgan fingerprint density at radius 3 is 2.70 bits per heavy atom. The molecule has 3 rings (SSSR count). The highest BCUT2D eigenvalue weighted by atomic mass is 35.5. The molecule has 1 aromatic heterocycles. The first kappa shape index (κ1) is 16.7. The number of nitrogens with zero attached hydrogens (tertiary/aromatic N) is 3. The lowest BCUT2D eigenvalue weighted by atomic mass is 9.72. The quantitative estimate of drug-likeness (QED) is 0.836. The third-order valence-electron chi connectivity index (χ3n) is 5.33. The number of alkyl halides is 1. The number of aliphatic hydroxyl groups is 1. The molecule has 0 amide bonds. The average molecular weight is 354 g/mol. The van der Waals surface area contributed by atoms with Gasteiger partial charge in [-0.3, -0.25) is 4.68 Å². The van der Waals surface area contributed by atoms with Crippen LogP contribution < -0.4 is 0 Å². The lowest BCUT2D eigenvalue weighted by Gasteiger charge is -2.42. The fourth-order valence-electron chi connectivity index (χ4n) is 3.68. The van der Waals surface area contributed by atoms with Crippen molar-refractivity contribution in [2.75, 3.05) is 5.88 Å². The summed E-state index contributed by atoms with van der Waals surface area (Å²) in [5.41, 5.74) is -0.0742. The van der Waals surface area contributed by atoms with E-state index in [0.717, 1.165) is 24.3 Å². The van der Waals surface area contributed by atoms with Crippen LogP contribution in [0.3, 0.4) is 0 Å². The van der Waals surface area contributed by atoms with E-state index in [1.807, 2.05) is 24.3 Å². The van der Waals surface area contributed by atoms with Gasteiger partial charge in [0.25, 0.3) is 0 Å². The van der Waals surface area contributed by atoms with Crippen molar-refractivity contribution in [2.24, 2.45) is 11.3 Å². The fourth-order valence-corrected chi connectivity index (χ4v) is 4.17. The normalized spacial score (nSPS) is 30.7. The summed E-state index contributed by atoms with van der Waals surface area (Å²) >= 11 is 12.2. The number of hydrogen-bond acceptors (Lipinski definition) is 3. The van der Waals surface area contributed by atoms with E-state index in [-0.39, 0.29) is 11.3 Å². The SMILES string of the molecule is C[C@@]1(CCl)CC[C@@H](Cc2ccc(Cl)cc2)[C@@]1(O)Cn1cncn1. The Hall–Kier alpha value is -1.10. The summed E-state index contributed by atoms with van der Waals surface area (Å²) in [5.74, 6) is 0.548. The maximum absolute atomic E-state index is 11.6. The van der Waals surface area contributed by atoms with E-state index in [2.05, 4.69) is 17.0 Å². The zero-order valence-electron chi connectivity index (χ0n) is 13.1. The molecule has 23 heavy (non-hydrogen) atoms. The highest BCUT2D eigenvalue weighted by Crippen LogP contribution is 2.52. The molecule has 6 heteroatoms. The summed E-state index contributed by atoms with van der Waals surface area (Å²) in [6, 6.07) is 7.83. The molecule has 1 aliphatic carbocycles. The maximum atomic E-state index is 11.6. The molecule has 0 unspecified atom stereocenters. The maximum Gasteiger partial charge on any atom is 0.137 e. The molecule has 1 fully saturated rings. The first-order valence-electron chi connectivity index (χ1n) is 7.82. The van der Waals surface area contributed by atoms with Crippen LogP contribution in [0.25, 0.3) is 0 Å². The van der Waals surface area contributed by atoms with Gasteiger partial charge in [-0.05, 0) is 42.9 Å². The zero-order chi connectivity index (χ0) is 16.5. The van der Waals surface area contributed by atoms with E-state index < -0.39 is 5.60 Å². The highest BCUT2D eigenvalue weighted by molar-refractivity contribution is 6.30. The molecule has 1 saturated carbocycles. The zero-order valence-corrected chi connectivity index (χ0v) is 14.6. The third kappa shape index (κ3) is 3.12. The average Bonchev–Trinajstić information content (AvgIpc) is 3.12. The Morgan fingerprint density at radius 2 is 2.09 bits per heavy atom. The van der Waals surface area contributed by atoms with Gasteiger partial charge in [-0.2, -0.15) is 5.10 Å². The number of aromatic nitrogens is 3. The van der Waals surface area contributed by atoms with Gasteiger partial charge in [-0.15, -0.1) is 11.6 Å². The molecule has 3 atom stereocenters. The molecule has 1 aliphatic rings. The summed E-state index contributed by atoms with van der Waals surface area (Å²) in [7, 11) is 0. The summed E-state index contributed by atoms with van der Waals surface area (Å²) in [6.07, 6.45) is 5.78. The molecule has 0 bridgehead atoms. The number of hydrogen-bond donors (Lipinski definition) is 1. The molecule has 2 aromatic rings. The van der Waals surface area contributed by atoms with Gasteiger partial charge in [0.15, 0.2) is 0 Å². The molecule has 124 valence electrons. The molecule has 4 nitrogen and oxygen atoms in total. The van der Waals surface area contributed by atoms with Crippen molar-refractivity contribution in [3.63, 3.8) is 0 Å². The van der Waals surface area contributed by atoms with Crippen LogP contribution in [0.1, 0.15) is 25.3 Å². The Morgan fingerprint density at radius 1 is 1.35 bits per heavy atom. The van der Waals surface area contributed by atoms with Crippen LogP contribution >= 0.6 is 23.2 Å². The highest BCUT2D eigenvalue weighted by Gasteiger charge is 2.56. The molecule has 1 N–H and O–H groups in total. The Kier molecular flexibility index (Phi) is 4.68. The van der Waals surface area contributed by atoms with Gasteiger partial charge in [0.05, 0.1) is 12.1 Å². The largest absolute Gasteiger partial charge is 0.387 e. The number of rotatable bonds is 5. The molecular weight excluding hydrogens is 333 g/mol. The van der Waals surface area contributed by atoms with Gasteiger partial charge in [-0.25, -0.2) is 4.98 Å². The minimum Gasteiger partial charge on any atom is -0.387 e. The van der Waals surface area contributed by atoms with Gasteiger partial charge in [0.2, 0.25) is 0 Å². The number of benzene rings is 1. The lowest BCUT2D eigenvalue weighted by Crippen LogP contribution is -2.51. The minimum atomic E-state index is -0.915. The van der Waals surface area contributed by atoms with E-state index in [9.17, 15) is 5.11 Å². The van der Waals surface area contributed by atoms with Crippen molar-refractivity contribution < 1.29 is 5.11 Å². The van der Waals surface area contributed by atoms with Crippen LogP contribution in [0.5, 0.6) is 0 Å². The van der Waals surface area contributed by atoms with Crippen LogP contribution in [-0.4, -0.2) is 31.4 Å². The van der Waals surface area contributed by atoms with Crippen molar-refractivity contribution in [3.05, 3.63) is 47.5 Å².